The number of nitrogens with one attached hydrogen (secondary N) is 1. The molecule has 1 aromatic heterocycles. The summed E-state index contributed by atoms with van der Waals surface area (Å²) in [5.74, 6) is -3.21. The van der Waals surface area contributed by atoms with Crippen molar-refractivity contribution in [3.63, 3.8) is 0 Å². The van der Waals surface area contributed by atoms with Gasteiger partial charge in [-0.15, -0.1) is 0 Å². The molecule has 0 aliphatic carbocycles. The van der Waals surface area contributed by atoms with Crippen molar-refractivity contribution in [2.24, 2.45) is 0 Å². The van der Waals surface area contributed by atoms with Gasteiger partial charge in [0.15, 0.2) is 11.6 Å². The molecular weight excluding hydrogens is 495 g/mol. The molecule has 190 valence electrons. The molecule has 1 N–H and O–H groups in total. The van der Waals surface area contributed by atoms with Crippen LogP contribution in [0.4, 0.5) is 33.5 Å². The summed E-state index contributed by atoms with van der Waals surface area (Å²) in [6.45, 7) is 1.75. The van der Waals surface area contributed by atoms with Crippen LogP contribution in [0.5, 0.6) is 11.5 Å². The Kier molecular flexibility index (Phi) is 6.36. The lowest BCUT2D eigenvalue weighted by Crippen LogP contribution is -2.19. The van der Waals surface area contributed by atoms with Gasteiger partial charge in [0, 0.05) is 42.5 Å². The van der Waals surface area contributed by atoms with Gasteiger partial charge in [0.25, 0.3) is 5.91 Å². The Labute approximate surface area is 207 Å². The van der Waals surface area contributed by atoms with Crippen LogP contribution in [-0.2, 0) is 6.18 Å². The molecule has 0 saturated carbocycles. The number of carbonyl (C=O) groups excluding carboxylic acids is 1. The van der Waals surface area contributed by atoms with Crippen molar-refractivity contribution in [2.45, 2.75) is 19.0 Å². The third-order valence-corrected chi connectivity index (χ3v) is 5.86. The van der Waals surface area contributed by atoms with Crippen LogP contribution in [0.2, 0.25) is 0 Å². The number of hydrogen-bond donors (Lipinski definition) is 1. The molecule has 37 heavy (non-hydrogen) atoms. The number of amides is 1. The van der Waals surface area contributed by atoms with Crippen LogP contribution in [0.25, 0.3) is 11.0 Å². The van der Waals surface area contributed by atoms with Gasteiger partial charge < -0.3 is 15.0 Å². The molecule has 3 aromatic carbocycles. The van der Waals surface area contributed by atoms with Crippen LogP contribution in [0.3, 0.4) is 0 Å². The molecule has 0 spiro atoms. The second-order valence-electron chi connectivity index (χ2n) is 8.48. The predicted octanol–water partition coefficient (Wildman–Crippen LogP) is 6.57. The Bertz CT molecular complexity index is 1490. The van der Waals surface area contributed by atoms with Gasteiger partial charge in [0.2, 0.25) is 5.82 Å². The molecule has 11 heteroatoms. The van der Waals surface area contributed by atoms with Gasteiger partial charge in [-0.1, -0.05) is 6.07 Å². The number of alkyl halides is 3. The highest BCUT2D eigenvalue weighted by molar-refractivity contribution is 6.04. The Morgan fingerprint density at radius 1 is 0.973 bits per heavy atom. The summed E-state index contributed by atoms with van der Waals surface area (Å²) in [5.41, 5.74) is -0.431. The van der Waals surface area contributed by atoms with Gasteiger partial charge in [-0.3, -0.25) is 9.78 Å². The second kappa shape index (κ2) is 9.64. The van der Waals surface area contributed by atoms with Gasteiger partial charge >= 0.3 is 6.18 Å². The van der Waals surface area contributed by atoms with E-state index < -0.39 is 35.0 Å². The second-order valence-corrected chi connectivity index (χ2v) is 8.48. The minimum atomic E-state index is -4.64. The largest absolute Gasteiger partial charge is 0.454 e. The van der Waals surface area contributed by atoms with Crippen LogP contribution < -0.4 is 15.0 Å². The monoisotopic (exact) mass is 514 g/mol. The maximum atomic E-state index is 14.5. The zero-order valence-corrected chi connectivity index (χ0v) is 19.1. The molecule has 1 saturated heterocycles. The minimum absolute atomic E-state index is 0.153. The summed E-state index contributed by atoms with van der Waals surface area (Å²) in [6.07, 6.45) is -0.832. The first kappa shape index (κ1) is 24.4. The van der Waals surface area contributed by atoms with Gasteiger partial charge in [0.1, 0.15) is 11.6 Å². The number of carbonyl (C=O) groups is 1. The lowest BCUT2D eigenvalue weighted by molar-refractivity contribution is -0.137. The number of halogens is 5. The van der Waals surface area contributed by atoms with E-state index in [0.29, 0.717) is 29.0 Å². The van der Waals surface area contributed by atoms with Crippen LogP contribution in [0, 0.1) is 11.6 Å². The zero-order valence-electron chi connectivity index (χ0n) is 19.1. The third-order valence-electron chi connectivity index (χ3n) is 5.86. The third kappa shape index (κ3) is 5.30. The summed E-state index contributed by atoms with van der Waals surface area (Å²) >= 11 is 0. The number of rotatable bonds is 5. The highest BCUT2D eigenvalue weighted by Crippen LogP contribution is 2.32. The van der Waals surface area contributed by atoms with E-state index >= 15 is 0 Å². The molecule has 1 fully saturated rings. The fraction of sp³-hybridized carbons (Fsp3) is 0.192. The lowest BCUT2D eigenvalue weighted by Gasteiger charge is -2.16. The molecule has 4 aromatic rings. The van der Waals surface area contributed by atoms with E-state index in [4.69, 9.17) is 4.74 Å². The lowest BCUT2D eigenvalue weighted by atomic mass is 10.1. The number of hydrogen-bond acceptors (Lipinski definition) is 5. The summed E-state index contributed by atoms with van der Waals surface area (Å²) in [5, 5.41) is 2.28. The van der Waals surface area contributed by atoms with Crippen LogP contribution in [0.15, 0.2) is 60.8 Å². The molecular formula is C26H19F5N4O2. The molecule has 1 aliphatic heterocycles. The minimum Gasteiger partial charge on any atom is -0.454 e. The fourth-order valence-electron chi connectivity index (χ4n) is 4.02. The van der Waals surface area contributed by atoms with Crippen LogP contribution in [-0.4, -0.2) is 29.0 Å². The number of aromatic nitrogens is 2. The molecule has 6 nitrogen and oxygen atoms in total. The van der Waals surface area contributed by atoms with Crippen LogP contribution in [0.1, 0.15) is 28.8 Å². The average Bonchev–Trinajstić information content (AvgIpc) is 3.41. The molecule has 0 radical (unpaired) electrons. The van der Waals surface area contributed by atoms with E-state index in [1.165, 1.54) is 18.2 Å². The Morgan fingerprint density at radius 2 is 1.76 bits per heavy atom. The van der Waals surface area contributed by atoms with Crippen LogP contribution >= 0.6 is 0 Å². The Balaban J connectivity index is 1.39. The van der Waals surface area contributed by atoms with E-state index in [2.05, 4.69) is 20.2 Å². The van der Waals surface area contributed by atoms with Gasteiger partial charge in [-0.2, -0.15) is 17.6 Å². The number of fused-ring (bicyclic) bond motifs is 1. The number of anilines is 2. The maximum Gasteiger partial charge on any atom is 0.416 e. The normalized spacial score (nSPS) is 13.7. The van der Waals surface area contributed by atoms with Gasteiger partial charge in [0.05, 0.1) is 22.8 Å². The maximum absolute atomic E-state index is 14.5. The van der Waals surface area contributed by atoms with E-state index in [9.17, 15) is 26.7 Å². The highest BCUT2D eigenvalue weighted by Gasteiger charge is 2.31. The molecule has 5 rings (SSSR count). The first-order valence-electron chi connectivity index (χ1n) is 11.3. The van der Waals surface area contributed by atoms with Crippen molar-refractivity contribution in [3.8, 4) is 11.5 Å². The van der Waals surface area contributed by atoms with E-state index in [0.717, 1.165) is 44.1 Å². The Hall–Kier alpha value is -4.28. The number of ether oxygens (including phenoxy) is 1. The molecule has 0 unspecified atom stereocenters. The smallest absolute Gasteiger partial charge is 0.416 e. The summed E-state index contributed by atoms with van der Waals surface area (Å²) in [7, 11) is 0. The molecule has 0 atom stereocenters. The Morgan fingerprint density at radius 3 is 2.51 bits per heavy atom. The molecule has 1 aliphatic rings. The van der Waals surface area contributed by atoms with Gasteiger partial charge in [-0.25, -0.2) is 9.37 Å². The van der Waals surface area contributed by atoms with Crippen molar-refractivity contribution in [1.29, 1.82) is 0 Å². The van der Waals surface area contributed by atoms with E-state index in [1.54, 1.807) is 12.3 Å². The summed E-state index contributed by atoms with van der Waals surface area (Å²) < 4.78 is 73.3. The number of benzene rings is 3. The van der Waals surface area contributed by atoms with Crippen molar-refractivity contribution < 1.29 is 31.5 Å². The first-order chi connectivity index (χ1) is 17.7. The first-order valence-corrected chi connectivity index (χ1v) is 11.3. The number of nitrogens with zero attached hydrogens (tertiary/aromatic N) is 3. The standard InChI is InChI=1S/C26H19F5N4O2/c27-19-11-17(33-25(36)15-4-3-5-16(10-15)26(29,30)31)12-22(24(19)28)37-18-6-7-20-21(13-18)34-23(14-32-20)35-8-1-2-9-35/h3-7,10-14H,1-2,8-9H2,(H,33,36). The van der Waals surface area contributed by atoms with Gasteiger partial charge in [-0.05, 0) is 43.2 Å². The van der Waals surface area contributed by atoms with E-state index in [-0.39, 0.29) is 17.0 Å². The van der Waals surface area contributed by atoms with Crippen molar-refractivity contribution >= 4 is 28.4 Å². The topological polar surface area (TPSA) is 67.3 Å². The summed E-state index contributed by atoms with van der Waals surface area (Å²) in [4.78, 5) is 23.6. The summed E-state index contributed by atoms with van der Waals surface area (Å²) in [6, 6.07) is 10.2. The predicted molar refractivity (Wildman–Crippen MR) is 127 cm³/mol. The fourth-order valence-corrected chi connectivity index (χ4v) is 4.02. The quantitative estimate of drug-likeness (QED) is 0.305. The van der Waals surface area contributed by atoms with Crippen molar-refractivity contribution in [2.75, 3.05) is 23.3 Å². The highest BCUT2D eigenvalue weighted by atomic mass is 19.4. The van der Waals surface area contributed by atoms with Crippen molar-refractivity contribution in [3.05, 3.63) is 83.6 Å². The average molecular weight is 514 g/mol. The molecule has 0 bridgehead atoms. The van der Waals surface area contributed by atoms with E-state index in [1.807, 2.05) is 0 Å². The SMILES string of the molecule is O=C(Nc1cc(F)c(F)c(Oc2ccc3ncc(N4CCCC4)nc3c2)c1)c1cccc(C(F)(F)F)c1. The molecule has 2 heterocycles. The molecule has 1 amide bonds. The van der Waals surface area contributed by atoms with Crippen molar-refractivity contribution in [1.82, 2.24) is 9.97 Å². The zero-order chi connectivity index (χ0) is 26.2.